The van der Waals surface area contributed by atoms with Gasteiger partial charge in [-0.1, -0.05) is 12.1 Å². The van der Waals surface area contributed by atoms with Crippen LogP contribution in [0.5, 0.6) is 5.75 Å². The number of hydrogen-bond donors (Lipinski definition) is 1. The second kappa shape index (κ2) is 9.41. The van der Waals surface area contributed by atoms with E-state index in [0.29, 0.717) is 36.7 Å². The highest BCUT2D eigenvalue weighted by molar-refractivity contribution is 6.04. The fourth-order valence-corrected chi connectivity index (χ4v) is 4.32. The van der Waals surface area contributed by atoms with Gasteiger partial charge < -0.3 is 24.4 Å². The number of rotatable bonds is 6. The number of nitrogens with one attached hydrogen (secondary N) is 1. The van der Waals surface area contributed by atoms with Gasteiger partial charge in [-0.25, -0.2) is 0 Å². The molecule has 1 N–H and O–H groups in total. The Kier molecular flexibility index (Phi) is 6.44. The van der Waals surface area contributed by atoms with Gasteiger partial charge in [0.15, 0.2) is 11.6 Å². The molecule has 4 rings (SSSR count). The minimum atomic E-state index is -0.172. The van der Waals surface area contributed by atoms with E-state index < -0.39 is 0 Å². The van der Waals surface area contributed by atoms with Crippen LogP contribution < -0.4 is 15.0 Å². The Labute approximate surface area is 182 Å². The van der Waals surface area contributed by atoms with Gasteiger partial charge in [0.25, 0.3) is 5.91 Å². The van der Waals surface area contributed by atoms with Gasteiger partial charge in [-0.05, 0) is 49.9 Å². The predicted octanol–water partition coefficient (Wildman–Crippen LogP) is 3.08. The SMILES string of the molecule is CCC(=O)N1CCC(NC(=O)c2c(N3CCCC3)noc2-c2ccc(OC)cc2)CC1. The van der Waals surface area contributed by atoms with Crippen LogP contribution in [0.15, 0.2) is 28.8 Å². The summed E-state index contributed by atoms with van der Waals surface area (Å²) in [4.78, 5) is 29.3. The van der Waals surface area contributed by atoms with Gasteiger partial charge in [0.2, 0.25) is 5.91 Å². The zero-order chi connectivity index (χ0) is 21.8. The zero-order valence-corrected chi connectivity index (χ0v) is 18.2. The lowest BCUT2D eigenvalue weighted by atomic mass is 10.0. The number of benzene rings is 1. The van der Waals surface area contributed by atoms with Crippen LogP contribution in [0, 0.1) is 0 Å². The summed E-state index contributed by atoms with van der Waals surface area (Å²) in [5.41, 5.74) is 1.27. The van der Waals surface area contributed by atoms with Crippen LogP contribution >= 0.6 is 0 Å². The molecule has 0 atom stereocenters. The Morgan fingerprint density at radius 2 is 1.81 bits per heavy atom. The number of piperidine rings is 1. The van der Waals surface area contributed by atoms with Crippen LogP contribution in [-0.4, -0.2) is 61.2 Å². The van der Waals surface area contributed by atoms with Crippen LogP contribution in [0.1, 0.15) is 49.4 Å². The molecule has 2 amide bonds. The smallest absolute Gasteiger partial charge is 0.259 e. The average molecular weight is 427 g/mol. The standard InChI is InChI=1S/C23H30N4O4/c1-3-19(28)26-14-10-17(11-15-26)24-23(29)20-21(16-6-8-18(30-2)9-7-16)31-25-22(20)27-12-4-5-13-27/h6-9,17H,3-5,10-15H2,1-2H3,(H,24,29). The van der Waals surface area contributed by atoms with Gasteiger partial charge in [-0.15, -0.1) is 0 Å². The van der Waals surface area contributed by atoms with Crippen LogP contribution in [0.4, 0.5) is 5.82 Å². The minimum Gasteiger partial charge on any atom is -0.497 e. The van der Waals surface area contributed by atoms with E-state index in [-0.39, 0.29) is 17.9 Å². The number of ether oxygens (including phenoxy) is 1. The molecule has 2 aliphatic rings. The summed E-state index contributed by atoms with van der Waals surface area (Å²) < 4.78 is 10.9. The maximum Gasteiger partial charge on any atom is 0.259 e. The maximum atomic E-state index is 13.4. The molecule has 2 aliphatic heterocycles. The van der Waals surface area contributed by atoms with E-state index in [1.165, 1.54) is 0 Å². The molecule has 2 aromatic rings. The summed E-state index contributed by atoms with van der Waals surface area (Å²) in [6.07, 6.45) is 4.17. The number of carbonyl (C=O) groups is 2. The molecular weight excluding hydrogens is 396 g/mol. The topological polar surface area (TPSA) is 87.9 Å². The van der Waals surface area contributed by atoms with Gasteiger partial charge in [-0.2, -0.15) is 0 Å². The lowest BCUT2D eigenvalue weighted by Crippen LogP contribution is -2.46. The van der Waals surface area contributed by atoms with Crippen molar-refractivity contribution in [3.63, 3.8) is 0 Å². The Morgan fingerprint density at radius 3 is 2.42 bits per heavy atom. The summed E-state index contributed by atoms with van der Waals surface area (Å²) in [6.45, 7) is 4.96. The number of anilines is 1. The molecule has 0 bridgehead atoms. The lowest BCUT2D eigenvalue weighted by Gasteiger charge is -2.32. The Balaban J connectivity index is 1.55. The summed E-state index contributed by atoms with van der Waals surface area (Å²) >= 11 is 0. The molecule has 8 nitrogen and oxygen atoms in total. The van der Waals surface area contributed by atoms with Gasteiger partial charge in [0.05, 0.1) is 7.11 Å². The normalized spacial score (nSPS) is 17.1. The fraction of sp³-hybridized carbons (Fsp3) is 0.522. The Morgan fingerprint density at radius 1 is 1.13 bits per heavy atom. The molecule has 3 heterocycles. The van der Waals surface area contributed by atoms with E-state index in [1.54, 1.807) is 7.11 Å². The van der Waals surface area contributed by atoms with Crippen molar-refractivity contribution in [2.75, 3.05) is 38.2 Å². The predicted molar refractivity (Wildman–Crippen MR) is 117 cm³/mol. The number of hydrogen-bond acceptors (Lipinski definition) is 6. The first kappa shape index (κ1) is 21.2. The third-order valence-corrected chi connectivity index (χ3v) is 6.14. The highest BCUT2D eigenvalue weighted by Gasteiger charge is 2.31. The summed E-state index contributed by atoms with van der Waals surface area (Å²) in [5, 5.41) is 7.45. The highest BCUT2D eigenvalue weighted by Crippen LogP contribution is 2.34. The molecule has 0 aliphatic carbocycles. The van der Waals surface area contributed by atoms with Crippen LogP contribution in [0.3, 0.4) is 0 Å². The largest absolute Gasteiger partial charge is 0.497 e. The molecular formula is C23H30N4O4. The average Bonchev–Trinajstić information content (AvgIpc) is 3.49. The molecule has 0 spiro atoms. The maximum absolute atomic E-state index is 13.4. The number of aromatic nitrogens is 1. The Bertz CT molecular complexity index is 910. The number of carbonyl (C=O) groups excluding carboxylic acids is 2. The number of nitrogens with zero attached hydrogens (tertiary/aromatic N) is 3. The van der Waals surface area contributed by atoms with Gasteiger partial charge in [0.1, 0.15) is 11.3 Å². The van der Waals surface area contributed by atoms with E-state index >= 15 is 0 Å². The molecule has 31 heavy (non-hydrogen) atoms. The summed E-state index contributed by atoms with van der Waals surface area (Å²) in [5.74, 6) is 1.82. The zero-order valence-electron chi connectivity index (χ0n) is 18.2. The summed E-state index contributed by atoms with van der Waals surface area (Å²) in [7, 11) is 1.62. The van der Waals surface area contributed by atoms with Crippen molar-refractivity contribution in [3.8, 4) is 17.1 Å². The van der Waals surface area contributed by atoms with E-state index in [4.69, 9.17) is 9.26 Å². The lowest BCUT2D eigenvalue weighted by molar-refractivity contribution is -0.131. The molecule has 166 valence electrons. The monoisotopic (exact) mass is 426 g/mol. The van der Waals surface area contributed by atoms with E-state index in [0.717, 1.165) is 50.1 Å². The Hall–Kier alpha value is -3.03. The van der Waals surface area contributed by atoms with Gasteiger partial charge in [-0.3, -0.25) is 9.59 Å². The second-order valence-electron chi connectivity index (χ2n) is 8.12. The number of likely N-dealkylation sites (tertiary alicyclic amines) is 1. The van der Waals surface area contributed by atoms with Crippen molar-refractivity contribution in [2.45, 2.75) is 45.1 Å². The molecule has 0 radical (unpaired) electrons. The number of methoxy groups -OCH3 is 1. The molecule has 2 saturated heterocycles. The second-order valence-corrected chi connectivity index (χ2v) is 8.12. The summed E-state index contributed by atoms with van der Waals surface area (Å²) in [6, 6.07) is 7.46. The van der Waals surface area contributed by atoms with Gasteiger partial charge >= 0.3 is 0 Å². The first-order valence-electron chi connectivity index (χ1n) is 11.1. The first-order chi connectivity index (χ1) is 15.1. The van der Waals surface area contributed by atoms with E-state index in [2.05, 4.69) is 15.4 Å². The molecule has 0 saturated carbocycles. The van der Waals surface area contributed by atoms with Crippen LogP contribution in [-0.2, 0) is 4.79 Å². The number of amides is 2. The quantitative estimate of drug-likeness (QED) is 0.764. The van der Waals surface area contributed by atoms with Gasteiger partial charge in [0, 0.05) is 44.2 Å². The molecule has 1 aromatic carbocycles. The van der Waals surface area contributed by atoms with Crippen LogP contribution in [0.25, 0.3) is 11.3 Å². The molecule has 8 heteroatoms. The highest BCUT2D eigenvalue weighted by atomic mass is 16.5. The fourth-order valence-electron chi connectivity index (χ4n) is 4.32. The third kappa shape index (κ3) is 4.52. The third-order valence-electron chi connectivity index (χ3n) is 6.14. The van der Waals surface area contributed by atoms with Crippen molar-refractivity contribution in [1.29, 1.82) is 0 Å². The van der Waals surface area contributed by atoms with E-state index in [1.807, 2.05) is 36.1 Å². The molecule has 1 aromatic heterocycles. The van der Waals surface area contributed by atoms with Crippen molar-refractivity contribution in [2.24, 2.45) is 0 Å². The van der Waals surface area contributed by atoms with Crippen molar-refractivity contribution >= 4 is 17.6 Å². The van der Waals surface area contributed by atoms with Crippen molar-refractivity contribution in [1.82, 2.24) is 15.4 Å². The minimum absolute atomic E-state index is 0.0263. The van der Waals surface area contributed by atoms with Crippen molar-refractivity contribution < 1.29 is 18.8 Å². The first-order valence-corrected chi connectivity index (χ1v) is 11.1. The van der Waals surface area contributed by atoms with Crippen molar-refractivity contribution in [3.05, 3.63) is 29.8 Å². The van der Waals surface area contributed by atoms with Crippen LogP contribution in [0.2, 0.25) is 0 Å². The van der Waals surface area contributed by atoms with E-state index in [9.17, 15) is 9.59 Å². The molecule has 0 unspecified atom stereocenters. The molecule has 2 fully saturated rings.